The van der Waals surface area contributed by atoms with Crippen molar-refractivity contribution in [3.63, 3.8) is 0 Å². The number of carbonyl (C=O) groups is 2. The number of hydrogen-bond acceptors (Lipinski definition) is 5. The Kier molecular flexibility index (Phi) is 6.74. The minimum atomic E-state index is -0.316. The molecule has 0 aliphatic heterocycles. The maximum Gasteiger partial charge on any atom is 0.255 e. The summed E-state index contributed by atoms with van der Waals surface area (Å²) in [5, 5.41) is 6.96. The van der Waals surface area contributed by atoms with Crippen LogP contribution in [0.25, 0.3) is 22.3 Å². The molecule has 2 amide bonds. The Morgan fingerprint density at radius 2 is 1.81 bits per heavy atom. The van der Waals surface area contributed by atoms with Gasteiger partial charge in [-0.1, -0.05) is 30.3 Å². The molecule has 0 fully saturated rings. The number of fused-ring (bicyclic) bond motifs is 1. The third-order valence-corrected chi connectivity index (χ3v) is 5.89. The normalized spacial score (nSPS) is 10.7. The van der Waals surface area contributed by atoms with E-state index in [-0.39, 0.29) is 11.8 Å². The zero-order valence-electron chi connectivity index (χ0n) is 19.5. The van der Waals surface area contributed by atoms with Gasteiger partial charge in [0.05, 0.1) is 10.7 Å². The molecule has 3 aromatic heterocycles. The highest BCUT2D eigenvalue weighted by Gasteiger charge is 2.12. The van der Waals surface area contributed by atoms with Crippen molar-refractivity contribution in [2.24, 2.45) is 0 Å². The highest BCUT2D eigenvalue weighted by atomic mass is 35.5. The molecular formula is C28H21ClN6O2. The van der Waals surface area contributed by atoms with Crippen LogP contribution in [0.2, 0.25) is 5.02 Å². The van der Waals surface area contributed by atoms with Gasteiger partial charge in [0.15, 0.2) is 0 Å². The van der Waals surface area contributed by atoms with Gasteiger partial charge in [-0.05, 0) is 60.2 Å². The molecule has 3 heterocycles. The second kappa shape index (κ2) is 10.4. The number of hydrogen-bond donors (Lipinski definition) is 3. The number of amides is 2. The Balaban J connectivity index is 1.30. The summed E-state index contributed by atoms with van der Waals surface area (Å²) in [7, 11) is 0. The molecule has 0 radical (unpaired) electrons. The average Bonchev–Trinajstić information content (AvgIpc) is 3.38. The van der Waals surface area contributed by atoms with Crippen molar-refractivity contribution in [1.29, 1.82) is 0 Å². The molecule has 5 rings (SSSR count). The van der Waals surface area contributed by atoms with Crippen LogP contribution >= 0.6 is 11.6 Å². The number of H-pyrrole nitrogens is 1. The first kappa shape index (κ1) is 23.9. The molecule has 0 unspecified atom stereocenters. The molecule has 0 bridgehead atoms. The van der Waals surface area contributed by atoms with Gasteiger partial charge in [0, 0.05) is 52.9 Å². The van der Waals surface area contributed by atoms with Gasteiger partial charge < -0.3 is 15.6 Å². The zero-order chi connectivity index (χ0) is 25.8. The lowest BCUT2D eigenvalue weighted by Crippen LogP contribution is -2.12. The summed E-state index contributed by atoms with van der Waals surface area (Å²) in [4.78, 5) is 40.7. The molecule has 182 valence electrons. The number of benzene rings is 2. The molecule has 0 aliphatic carbocycles. The Bertz CT molecular complexity index is 1630. The standard InChI is InChI=1S/C28H21ClN6O2/c1-2-25(36)33-21-8-6-18(7-9-21)28(37)34-22-5-3-4-17(12-22)13-24-31-16-23(29)26(35-24)20-14-19-10-11-30-27(19)32-15-20/h2-12,14-16H,1,13H2,(H,30,32)(H,33,36)(H,34,37). The van der Waals surface area contributed by atoms with E-state index >= 15 is 0 Å². The second-order valence-corrected chi connectivity index (χ2v) is 8.63. The highest BCUT2D eigenvalue weighted by Crippen LogP contribution is 2.27. The van der Waals surface area contributed by atoms with Gasteiger partial charge >= 0.3 is 0 Å². The van der Waals surface area contributed by atoms with Crippen molar-refractivity contribution < 1.29 is 9.59 Å². The third-order valence-electron chi connectivity index (χ3n) is 5.61. The zero-order valence-corrected chi connectivity index (χ0v) is 20.3. The van der Waals surface area contributed by atoms with Crippen LogP contribution < -0.4 is 10.6 Å². The molecule has 0 saturated heterocycles. The summed E-state index contributed by atoms with van der Waals surface area (Å²) in [6, 6.07) is 18.0. The molecule has 2 aromatic carbocycles. The van der Waals surface area contributed by atoms with Crippen LogP contribution in [-0.2, 0) is 11.2 Å². The van der Waals surface area contributed by atoms with Gasteiger partial charge in [0.2, 0.25) is 5.91 Å². The summed E-state index contributed by atoms with van der Waals surface area (Å²) in [6.45, 7) is 3.42. The molecular weight excluding hydrogens is 488 g/mol. The number of halogens is 1. The number of pyridine rings is 1. The Morgan fingerprint density at radius 1 is 0.973 bits per heavy atom. The minimum Gasteiger partial charge on any atom is -0.346 e. The van der Waals surface area contributed by atoms with Crippen molar-refractivity contribution in [3.05, 3.63) is 114 Å². The number of nitrogens with one attached hydrogen (secondary N) is 3. The number of nitrogens with zero attached hydrogens (tertiary/aromatic N) is 3. The number of anilines is 2. The van der Waals surface area contributed by atoms with Crippen molar-refractivity contribution in [3.8, 4) is 11.3 Å². The van der Waals surface area contributed by atoms with E-state index in [9.17, 15) is 9.59 Å². The van der Waals surface area contributed by atoms with E-state index in [4.69, 9.17) is 11.6 Å². The smallest absolute Gasteiger partial charge is 0.255 e. The summed E-state index contributed by atoms with van der Waals surface area (Å²) in [5.74, 6) is 0.00910. The van der Waals surface area contributed by atoms with E-state index in [1.54, 1.807) is 36.7 Å². The van der Waals surface area contributed by atoms with Gasteiger partial charge in [0.1, 0.15) is 11.5 Å². The molecule has 9 heteroatoms. The minimum absolute atomic E-state index is 0.267. The van der Waals surface area contributed by atoms with E-state index in [1.807, 2.05) is 42.6 Å². The third kappa shape index (κ3) is 5.55. The van der Waals surface area contributed by atoms with E-state index < -0.39 is 0 Å². The first-order chi connectivity index (χ1) is 18.0. The fourth-order valence-electron chi connectivity index (χ4n) is 3.80. The SMILES string of the molecule is C=CC(=O)Nc1ccc(C(=O)Nc2cccc(Cc3ncc(Cl)c(-c4cnc5[nH]ccc5c4)n3)c2)cc1. The first-order valence-electron chi connectivity index (χ1n) is 11.4. The average molecular weight is 509 g/mol. The molecule has 3 N–H and O–H groups in total. The summed E-state index contributed by atoms with van der Waals surface area (Å²) >= 11 is 6.41. The van der Waals surface area contributed by atoms with Crippen LogP contribution in [0.3, 0.4) is 0 Å². The molecule has 0 atom stereocenters. The number of aromatic amines is 1. The number of aromatic nitrogens is 4. The Morgan fingerprint density at radius 3 is 2.62 bits per heavy atom. The van der Waals surface area contributed by atoms with Crippen LogP contribution in [0.15, 0.2) is 91.9 Å². The lowest BCUT2D eigenvalue weighted by molar-refractivity contribution is -0.111. The maximum absolute atomic E-state index is 12.7. The Labute approximate surface area is 217 Å². The van der Waals surface area contributed by atoms with Crippen LogP contribution in [0.4, 0.5) is 11.4 Å². The van der Waals surface area contributed by atoms with E-state index in [1.165, 1.54) is 6.08 Å². The Hall–Kier alpha value is -4.82. The van der Waals surface area contributed by atoms with Gasteiger partial charge in [-0.2, -0.15) is 0 Å². The van der Waals surface area contributed by atoms with E-state index in [0.717, 1.165) is 22.2 Å². The molecule has 37 heavy (non-hydrogen) atoms. The summed E-state index contributed by atoms with van der Waals surface area (Å²) < 4.78 is 0. The van der Waals surface area contributed by atoms with Crippen molar-refractivity contribution in [2.45, 2.75) is 6.42 Å². The fraction of sp³-hybridized carbons (Fsp3) is 0.0357. The quantitative estimate of drug-likeness (QED) is 0.246. The summed E-state index contributed by atoms with van der Waals surface area (Å²) in [5.41, 5.74) is 4.81. The topological polar surface area (TPSA) is 113 Å². The fourth-order valence-corrected chi connectivity index (χ4v) is 4.00. The molecule has 5 aromatic rings. The second-order valence-electron chi connectivity index (χ2n) is 8.22. The predicted molar refractivity (Wildman–Crippen MR) is 145 cm³/mol. The largest absolute Gasteiger partial charge is 0.346 e. The lowest BCUT2D eigenvalue weighted by atomic mass is 10.1. The monoisotopic (exact) mass is 508 g/mol. The maximum atomic E-state index is 12.7. The van der Waals surface area contributed by atoms with E-state index in [0.29, 0.717) is 39.9 Å². The van der Waals surface area contributed by atoms with Crippen molar-refractivity contribution in [1.82, 2.24) is 19.9 Å². The van der Waals surface area contributed by atoms with Crippen LogP contribution in [0.1, 0.15) is 21.7 Å². The molecule has 0 aliphatic rings. The van der Waals surface area contributed by atoms with Crippen LogP contribution in [0.5, 0.6) is 0 Å². The number of rotatable bonds is 7. The van der Waals surface area contributed by atoms with Gasteiger partial charge in [-0.25, -0.2) is 15.0 Å². The number of carbonyl (C=O) groups excluding carboxylic acids is 2. The summed E-state index contributed by atoms with van der Waals surface area (Å²) in [6.07, 6.45) is 6.79. The predicted octanol–water partition coefficient (Wildman–Crippen LogP) is 5.64. The van der Waals surface area contributed by atoms with Crippen molar-refractivity contribution in [2.75, 3.05) is 10.6 Å². The van der Waals surface area contributed by atoms with Crippen LogP contribution in [-0.4, -0.2) is 31.8 Å². The van der Waals surface area contributed by atoms with Crippen molar-refractivity contribution >= 4 is 45.8 Å². The van der Waals surface area contributed by atoms with Gasteiger partial charge in [-0.15, -0.1) is 0 Å². The van der Waals surface area contributed by atoms with Gasteiger partial charge in [-0.3, -0.25) is 9.59 Å². The molecule has 8 nitrogen and oxygen atoms in total. The molecule has 0 saturated carbocycles. The van der Waals surface area contributed by atoms with Gasteiger partial charge in [0.25, 0.3) is 5.91 Å². The first-order valence-corrected chi connectivity index (χ1v) is 11.7. The highest BCUT2D eigenvalue weighted by molar-refractivity contribution is 6.32. The van der Waals surface area contributed by atoms with Crippen LogP contribution in [0, 0.1) is 0 Å². The lowest BCUT2D eigenvalue weighted by Gasteiger charge is -2.09. The molecule has 0 spiro atoms. The van der Waals surface area contributed by atoms with E-state index in [2.05, 4.69) is 37.1 Å².